The summed E-state index contributed by atoms with van der Waals surface area (Å²) in [7, 11) is -3.70. The summed E-state index contributed by atoms with van der Waals surface area (Å²) in [4.78, 5) is 14.2. The van der Waals surface area contributed by atoms with Gasteiger partial charge in [-0.05, 0) is 45.8 Å². The maximum absolute atomic E-state index is 13.3. The van der Waals surface area contributed by atoms with Crippen molar-refractivity contribution in [2.45, 2.75) is 11.3 Å². The van der Waals surface area contributed by atoms with Crippen molar-refractivity contribution in [1.82, 2.24) is 9.21 Å². The number of halogens is 3. The Morgan fingerprint density at radius 1 is 1.11 bits per heavy atom. The van der Waals surface area contributed by atoms with Crippen LogP contribution in [-0.4, -0.2) is 49.7 Å². The largest absolute Gasteiger partial charge is 0.340 e. The Hall–Kier alpha value is -1.48. The molecule has 144 valence electrons. The van der Waals surface area contributed by atoms with E-state index in [0.717, 1.165) is 0 Å². The molecule has 0 aromatic heterocycles. The fourth-order valence-electron chi connectivity index (χ4n) is 2.91. The van der Waals surface area contributed by atoms with Gasteiger partial charge in [0.25, 0.3) is 0 Å². The average Bonchev–Trinajstić information content (AvgIpc) is 2.65. The smallest absolute Gasteiger partial charge is 0.244 e. The van der Waals surface area contributed by atoms with Gasteiger partial charge in [0.1, 0.15) is 10.7 Å². The summed E-state index contributed by atoms with van der Waals surface area (Å²) in [6.07, 6.45) is 0.135. The van der Waals surface area contributed by atoms with E-state index in [1.807, 2.05) is 0 Å². The van der Waals surface area contributed by atoms with Gasteiger partial charge in [-0.3, -0.25) is 4.79 Å². The predicted molar refractivity (Wildman–Crippen MR) is 105 cm³/mol. The third-order valence-electron chi connectivity index (χ3n) is 4.39. The molecule has 2 aromatic rings. The second-order valence-electron chi connectivity index (χ2n) is 6.14. The van der Waals surface area contributed by atoms with Crippen molar-refractivity contribution >= 4 is 43.5 Å². The molecule has 0 spiro atoms. The van der Waals surface area contributed by atoms with Gasteiger partial charge in [-0.25, -0.2) is 12.8 Å². The fourth-order valence-corrected chi connectivity index (χ4v) is 5.25. The summed E-state index contributed by atoms with van der Waals surface area (Å²) in [5, 5.41) is 0.179. The van der Waals surface area contributed by atoms with Crippen molar-refractivity contribution in [2.75, 3.05) is 26.2 Å². The quantitative estimate of drug-likeness (QED) is 0.682. The zero-order valence-corrected chi connectivity index (χ0v) is 17.4. The highest BCUT2D eigenvalue weighted by Gasteiger charge is 2.31. The number of hydrogen-bond acceptors (Lipinski definition) is 3. The molecule has 0 atom stereocenters. The minimum Gasteiger partial charge on any atom is -0.340 e. The second-order valence-corrected chi connectivity index (χ2v) is 9.31. The van der Waals surface area contributed by atoms with Crippen LogP contribution in [0.3, 0.4) is 0 Å². The molecule has 2 aromatic carbocycles. The SMILES string of the molecule is O=C(Cc1ccc(F)c(Br)c1)N1CCN(S(=O)(=O)c2ccccc2Cl)CC1. The predicted octanol–water partition coefficient (Wildman–Crippen LogP) is 3.32. The molecule has 1 aliphatic rings. The molecule has 0 unspecified atom stereocenters. The summed E-state index contributed by atoms with van der Waals surface area (Å²) in [6.45, 7) is 0.995. The normalized spacial score (nSPS) is 15.7. The van der Waals surface area contributed by atoms with Crippen LogP contribution >= 0.6 is 27.5 Å². The van der Waals surface area contributed by atoms with Crippen molar-refractivity contribution in [1.29, 1.82) is 0 Å². The Morgan fingerprint density at radius 3 is 2.41 bits per heavy atom. The monoisotopic (exact) mass is 474 g/mol. The Kier molecular flexibility index (Phi) is 6.20. The van der Waals surface area contributed by atoms with Crippen LogP contribution in [0.5, 0.6) is 0 Å². The highest BCUT2D eigenvalue weighted by Crippen LogP contribution is 2.25. The standard InChI is InChI=1S/C18H17BrClFN2O3S/c19-14-11-13(5-6-16(14)21)12-18(24)22-7-9-23(10-8-22)27(25,26)17-4-2-1-3-15(17)20/h1-6,11H,7-10,12H2. The number of piperazine rings is 1. The van der Waals surface area contributed by atoms with E-state index in [1.165, 1.54) is 22.5 Å². The summed E-state index contributed by atoms with van der Waals surface area (Å²) < 4.78 is 40.4. The van der Waals surface area contributed by atoms with Crippen LogP contribution in [0.4, 0.5) is 4.39 Å². The van der Waals surface area contributed by atoms with E-state index in [0.29, 0.717) is 23.1 Å². The van der Waals surface area contributed by atoms with Gasteiger partial charge in [0, 0.05) is 26.2 Å². The first-order chi connectivity index (χ1) is 12.8. The van der Waals surface area contributed by atoms with E-state index in [2.05, 4.69) is 15.9 Å². The zero-order valence-electron chi connectivity index (χ0n) is 14.2. The van der Waals surface area contributed by atoms with Crippen molar-refractivity contribution < 1.29 is 17.6 Å². The number of carbonyl (C=O) groups is 1. The van der Waals surface area contributed by atoms with Crippen molar-refractivity contribution in [3.63, 3.8) is 0 Å². The molecule has 1 fully saturated rings. The summed E-state index contributed by atoms with van der Waals surface area (Å²) in [6, 6.07) is 10.8. The molecule has 27 heavy (non-hydrogen) atoms. The molecular formula is C18H17BrClFN2O3S. The van der Waals surface area contributed by atoms with E-state index in [9.17, 15) is 17.6 Å². The summed E-state index contributed by atoms with van der Waals surface area (Å²) in [5.74, 6) is -0.507. The minimum atomic E-state index is -3.70. The molecule has 0 aliphatic carbocycles. The number of amides is 1. The summed E-state index contributed by atoms with van der Waals surface area (Å²) >= 11 is 9.13. The van der Waals surface area contributed by atoms with Crippen LogP contribution in [0.15, 0.2) is 51.8 Å². The van der Waals surface area contributed by atoms with E-state index < -0.39 is 10.0 Å². The Labute approximate surface area is 170 Å². The first-order valence-electron chi connectivity index (χ1n) is 8.25. The number of carbonyl (C=O) groups excluding carboxylic acids is 1. The van der Waals surface area contributed by atoms with Gasteiger partial charge in [-0.2, -0.15) is 4.31 Å². The first-order valence-corrected chi connectivity index (χ1v) is 10.9. The van der Waals surface area contributed by atoms with Crippen LogP contribution in [0.1, 0.15) is 5.56 Å². The number of nitrogens with zero attached hydrogens (tertiary/aromatic N) is 2. The van der Waals surface area contributed by atoms with Crippen LogP contribution in [0.25, 0.3) is 0 Å². The Bertz CT molecular complexity index is 963. The average molecular weight is 476 g/mol. The highest BCUT2D eigenvalue weighted by atomic mass is 79.9. The molecular weight excluding hydrogens is 459 g/mol. The van der Waals surface area contributed by atoms with Crippen molar-refractivity contribution in [2.24, 2.45) is 0 Å². The first kappa shape index (κ1) is 20.3. The molecule has 9 heteroatoms. The molecule has 3 rings (SSSR count). The second kappa shape index (κ2) is 8.26. The molecule has 1 saturated heterocycles. The van der Waals surface area contributed by atoms with Crippen LogP contribution in [0.2, 0.25) is 5.02 Å². The van der Waals surface area contributed by atoms with Gasteiger partial charge < -0.3 is 4.90 Å². The topological polar surface area (TPSA) is 57.7 Å². The molecule has 0 saturated carbocycles. The molecule has 0 radical (unpaired) electrons. The third-order valence-corrected chi connectivity index (χ3v) is 7.39. The maximum Gasteiger partial charge on any atom is 0.244 e. The Morgan fingerprint density at radius 2 is 1.78 bits per heavy atom. The van der Waals surface area contributed by atoms with E-state index in [1.54, 1.807) is 29.2 Å². The lowest BCUT2D eigenvalue weighted by Gasteiger charge is -2.34. The van der Waals surface area contributed by atoms with Crippen LogP contribution in [-0.2, 0) is 21.2 Å². The van der Waals surface area contributed by atoms with Crippen molar-refractivity contribution in [3.05, 3.63) is 63.3 Å². The molecule has 0 N–H and O–H groups in total. The number of sulfonamides is 1. The zero-order chi connectivity index (χ0) is 19.6. The van der Waals surface area contributed by atoms with Gasteiger partial charge in [-0.15, -0.1) is 0 Å². The molecule has 5 nitrogen and oxygen atoms in total. The highest BCUT2D eigenvalue weighted by molar-refractivity contribution is 9.10. The van der Waals surface area contributed by atoms with E-state index in [-0.39, 0.29) is 41.2 Å². The molecule has 1 heterocycles. The van der Waals surface area contributed by atoms with Gasteiger partial charge in [0.2, 0.25) is 15.9 Å². The van der Waals surface area contributed by atoms with Gasteiger partial charge in [-0.1, -0.05) is 29.8 Å². The lowest BCUT2D eigenvalue weighted by molar-refractivity contribution is -0.131. The van der Waals surface area contributed by atoms with Gasteiger partial charge in [0.05, 0.1) is 15.9 Å². The lowest BCUT2D eigenvalue weighted by Crippen LogP contribution is -2.50. The third kappa shape index (κ3) is 4.51. The minimum absolute atomic E-state index is 0.0719. The van der Waals surface area contributed by atoms with Crippen molar-refractivity contribution in [3.8, 4) is 0 Å². The fraction of sp³-hybridized carbons (Fsp3) is 0.278. The molecule has 0 bridgehead atoms. The number of benzene rings is 2. The van der Waals surface area contributed by atoms with Crippen LogP contribution < -0.4 is 0 Å². The lowest BCUT2D eigenvalue weighted by atomic mass is 10.1. The molecule has 1 aliphatic heterocycles. The van der Waals surface area contributed by atoms with E-state index >= 15 is 0 Å². The Balaban J connectivity index is 1.63. The maximum atomic E-state index is 13.3. The van der Waals surface area contributed by atoms with E-state index in [4.69, 9.17) is 11.6 Å². The van der Waals surface area contributed by atoms with Crippen LogP contribution in [0, 0.1) is 5.82 Å². The number of rotatable bonds is 4. The number of hydrogen-bond donors (Lipinski definition) is 0. The summed E-state index contributed by atoms with van der Waals surface area (Å²) in [5.41, 5.74) is 0.694. The van der Waals surface area contributed by atoms with Gasteiger partial charge in [0.15, 0.2) is 0 Å². The molecule has 1 amide bonds. The van der Waals surface area contributed by atoms with Gasteiger partial charge >= 0.3 is 0 Å².